The molecule has 48 heavy (non-hydrogen) atoms. The number of amides is 3. The first-order valence-electron chi connectivity index (χ1n) is 16.6. The van der Waals surface area contributed by atoms with E-state index in [1.54, 1.807) is 51.1 Å². The largest absolute Gasteiger partial charge is 0.508 e. The van der Waals surface area contributed by atoms with Crippen molar-refractivity contribution in [3.8, 4) is 5.75 Å². The molecule has 0 aromatic heterocycles. The molecule has 1 fully saturated rings. The molecule has 0 spiro atoms. The molecule has 2 heterocycles. The molecule has 6 N–H and O–H groups in total. The first-order valence-corrected chi connectivity index (χ1v) is 16.6. The lowest BCUT2D eigenvalue weighted by molar-refractivity contribution is -0.153. The van der Waals surface area contributed by atoms with E-state index in [2.05, 4.69) is 16.1 Å². The Balaban J connectivity index is 1.98. The van der Waals surface area contributed by atoms with Gasteiger partial charge in [-0.3, -0.25) is 24.2 Å². The standard InChI is InChI=1S/C35H50N4O9/c1-21(2)30-33(45)36-28(20-24-11-9-12-25(41)19-24)34(46)39-17-10-13-27(38-39)35(47)48-18-8-6-5-7-14-29(42)23(4)31(43)26(32(44)37-30)16-15-22(3)40/h5-7,9,11-12,14,19,21,23,26-31,38,41-43H,8,10,13,15-18,20H2,1-4H3,(H,36,45)(H,37,44)/b6-5+,14-7+/t23-,26+,27-,28-,29-,30-,31+/m0/s1. The maximum atomic E-state index is 13.9. The Morgan fingerprint density at radius 2 is 1.83 bits per heavy atom. The Kier molecular flexibility index (Phi) is 14.8. The summed E-state index contributed by atoms with van der Waals surface area (Å²) in [6, 6.07) is 3.22. The Bertz CT molecular complexity index is 1350. The SMILES string of the molecule is CC(=O)CC[C@H]1C(=O)N[C@@H](C(C)C)C(=O)N[C@@H](Cc2cccc(O)c2)C(=O)N2CCC[C@H](N2)C(=O)OCC/C=C/C=C/[C@H](O)[C@H](C)[C@H]1O. The highest BCUT2D eigenvalue weighted by Gasteiger charge is 2.38. The van der Waals surface area contributed by atoms with E-state index in [4.69, 9.17) is 4.74 Å². The van der Waals surface area contributed by atoms with Crippen LogP contribution in [-0.2, 0) is 35.1 Å². The molecule has 13 heteroatoms. The number of aliphatic hydroxyl groups excluding tert-OH is 2. The van der Waals surface area contributed by atoms with E-state index in [1.165, 1.54) is 30.1 Å². The van der Waals surface area contributed by atoms with Crippen LogP contribution in [0.5, 0.6) is 5.75 Å². The molecule has 0 radical (unpaired) electrons. The second-order valence-corrected chi connectivity index (χ2v) is 12.9. The van der Waals surface area contributed by atoms with Gasteiger partial charge in [-0.15, -0.1) is 0 Å². The number of rotatable bonds is 6. The number of hydrazine groups is 1. The van der Waals surface area contributed by atoms with Gasteiger partial charge in [0, 0.05) is 25.3 Å². The first-order chi connectivity index (χ1) is 22.8. The van der Waals surface area contributed by atoms with Crippen LogP contribution in [0.3, 0.4) is 0 Å². The van der Waals surface area contributed by atoms with Gasteiger partial charge in [0.2, 0.25) is 11.8 Å². The average Bonchev–Trinajstić information content (AvgIpc) is 3.04. The number of hydrogen-bond acceptors (Lipinski definition) is 10. The van der Waals surface area contributed by atoms with Crippen molar-refractivity contribution in [2.75, 3.05) is 13.2 Å². The lowest BCUT2D eigenvalue weighted by Gasteiger charge is -2.35. The smallest absolute Gasteiger partial charge is 0.324 e. The number of phenols is 1. The number of esters is 1. The lowest BCUT2D eigenvalue weighted by Crippen LogP contribution is -2.62. The van der Waals surface area contributed by atoms with Gasteiger partial charge >= 0.3 is 5.97 Å². The number of fused-ring (bicyclic) bond motifs is 2. The van der Waals surface area contributed by atoms with E-state index in [1.807, 2.05) is 0 Å². The molecule has 1 saturated heterocycles. The molecule has 2 bridgehead atoms. The minimum atomic E-state index is -1.36. The number of ether oxygens (including phenoxy) is 1. The minimum absolute atomic E-state index is 0.000232. The molecule has 13 nitrogen and oxygen atoms in total. The molecule has 0 aliphatic carbocycles. The fourth-order valence-corrected chi connectivity index (χ4v) is 5.72. The highest BCUT2D eigenvalue weighted by molar-refractivity contribution is 5.93. The topological polar surface area (TPSA) is 195 Å². The Labute approximate surface area is 281 Å². The molecule has 2 aliphatic rings. The van der Waals surface area contributed by atoms with Gasteiger partial charge in [-0.25, -0.2) is 5.43 Å². The number of carbonyl (C=O) groups is 5. The van der Waals surface area contributed by atoms with Gasteiger partial charge in [0.1, 0.15) is 29.7 Å². The number of aliphatic hydroxyl groups is 2. The Morgan fingerprint density at radius 1 is 1.08 bits per heavy atom. The highest BCUT2D eigenvalue weighted by Crippen LogP contribution is 2.23. The monoisotopic (exact) mass is 670 g/mol. The second-order valence-electron chi connectivity index (χ2n) is 12.9. The Morgan fingerprint density at radius 3 is 2.52 bits per heavy atom. The summed E-state index contributed by atoms with van der Waals surface area (Å²) in [5.74, 6) is -4.96. The van der Waals surface area contributed by atoms with Gasteiger partial charge < -0.3 is 35.5 Å². The van der Waals surface area contributed by atoms with Crippen molar-refractivity contribution in [1.29, 1.82) is 0 Å². The number of nitrogens with one attached hydrogen (secondary N) is 3. The fourth-order valence-electron chi connectivity index (χ4n) is 5.72. The zero-order valence-electron chi connectivity index (χ0n) is 28.1. The molecule has 3 amide bonds. The fraction of sp³-hybridized carbons (Fsp3) is 0.571. The van der Waals surface area contributed by atoms with Gasteiger partial charge in [0.05, 0.1) is 24.7 Å². The van der Waals surface area contributed by atoms with Gasteiger partial charge in [0.25, 0.3) is 5.91 Å². The molecule has 7 atom stereocenters. The Hall–Kier alpha value is -4.07. The van der Waals surface area contributed by atoms with E-state index in [0.717, 1.165) is 0 Å². The van der Waals surface area contributed by atoms with Gasteiger partial charge in [-0.1, -0.05) is 57.2 Å². The van der Waals surface area contributed by atoms with Crippen molar-refractivity contribution in [2.24, 2.45) is 17.8 Å². The number of allylic oxidation sites excluding steroid dienone is 2. The number of benzene rings is 1. The number of ketones is 1. The first kappa shape index (κ1) is 38.4. The number of phenolic OH excluding ortho intramolecular Hbond substituents is 1. The van der Waals surface area contributed by atoms with Crippen molar-refractivity contribution >= 4 is 29.5 Å². The number of carbonyl (C=O) groups excluding carboxylic acids is 5. The summed E-state index contributed by atoms with van der Waals surface area (Å²) in [5, 5.41) is 38.9. The molecule has 0 unspecified atom stereocenters. The number of hydrogen-bond donors (Lipinski definition) is 6. The zero-order valence-corrected chi connectivity index (χ0v) is 28.1. The summed E-state index contributed by atoms with van der Waals surface area (Å²) < 4.78 is 5.42. The summed E-state index contributed by atoms with van der Waals surface area (Å²) in [7, 11) is 0. The maximum Gasteiger partial charge on any atom is 0.324 e. The second kappa shape index (κ2) is 18.5. The van der Waals surface area contributed by atoms with Crippen LogP contribution in [0.4, 0.5) is 0 Å². The molecule has 264 valence electrons. The maximum absolute atomic E-state index is 13.9. The summed E-state index contributed by atoms with van der Waals surface area (Å²) in [4.78, 5) is 66.2. The van der Waals surface area contributed by atoms with E-state index >= 15 is 0 Å². The summed E-state index contributed by atoms with van der Waals surface area (Å²) in [6.07, 6.45) is 5.31. The number of Topliss-reactive ketones (excluding diaryl/α,β-unsaturated/α-hetero) is 1. The quantitative estimate of drug-likeness (QED) is 0.241. The summed E-state index contributed by atoms with van der Waals surface area (Å²) in [6.45, 7) is 6.76. The van der Waals surface area contributed by atoms with Gasteiger partial charge in [0.15, 0.2) is 0 Å². The highest BCUT2D eigenvalue weighted by atomic mass is 16.5. The van der Waals surface area contributed by atoms with E-state index < -0.39 is 71.8 Å². The molecular weight excluding hydrogens is 620 g/mol. The van der Waals surface area contributed by atoms with Gasteiger partial charge in [-0.05, 0) is 56.2 Å². The van der Waals surface area contributed by atoms with Crippen LogP contribution in [0, 0.1) is 17.8 Å². The summed E-state index contributed by atoms with van der Waals surface area (Å²) in [5.41, 5.74) is 3.51. The normalized spacial score (nSPS) is 29.9. The van der Waals surface area contributed by atoms with Crippen LogP contribution >= 0.6 is 0 Å². The van der Waals surface area contributed by atoms with E-state index in [-0.39, 0.29) is 43.9 Å². The van der Waals surface area contributed by atoms with Crippen molar-refractivity contribution in [1.82, 2.24) is 21.1 Å². The van der Waals surface area contributed by atoms with Crippen LogP contribution < -0.4 is 16.1 Å². The minimum Gasteiger partial charge on any atom is -0.508 e. The third-order valence-corrected chi connectivity index (χ3v) is 8.67. The van der Waals surface area contributed by atoms with E-state index in [0.29, 0.717) is 24.8 Å². The lowest BCUT2D eigenvalue weighted by atomic mass is 9.84. The van der Waals surface area contributed by atoms with Crippen LogP contribution in [0.25, 0.3) is 0 Å². The molecule has 0 saturated carbocycles. The molecule has 1 aromatic rings. The van der Waals surface area contributed by atoms with Crippen LogP contribution in [0.1, 0.15) is 65.4 Å². The summed E-state index contributed by atoms with van der Waals surface area (Å²) >= 11 is 0. The average molecular weight is 671 g/mol. The predicted octanol–water partition coefficient (Wildman–Crippen LogP) is 1.46. The van der Waals surface area contributed by atoms with Crippen molar-refractivity contribution in [3.63, 3.8) is 0 Å². The van der Waals surface area contributed by atoms with Gasteiger partial charge in [-0.2, -0.15) is 0 Å². The number of aromatic hydroxyl groups is 1. The van der Waals surface area contributed by atoms with Crippen LogP contribution in [-0.4, -0.2) is 93.3 Å². The molecular formula is C35H50N4O9. The third kappa shape index (κ3) is 11.3. The van der Waals surface area contributed by atoms with Crippen molar-refractivity contribution < 1.29 is 44.0 Å². The molecule has 2 aliphatic heterocycles. The number of nitrogens with zero attached hydrogens (tertiary/aromatic N) is 1. The van der Waals surface area contributed by atoms with Crippen LogP contribution in [0.2, 0.25) is 0 Å². The zero-order chi connectivity index (χ0) is 35.4. The predicted molar refractivity (Wildman–Crippen MR) is 177 cm³/mol. The van der Waals surface area contributed by atoms with E-state index in [9.17, 15) is 39.3 Å². The molecule has 3 rings (SSSR count). The van der Waals surface area contributed by atoms with Crippen LogP contribution in [0.15, 0.2) is 48.6 Å². The molecule has 1 aromatic carbocycles. The third-order valence-electron chi connectivity index (χ3n) is 8.67. The van der Waals surface area contributed by atoms with Crippen molar-refractivity contribution in [2.45, 2.75) is 96.6 Å². The number of cyclic esters (lactones) is 1. The van der Waals surface area contributed by atoms with Crippen molar-refractivity contribution in [3.05, 3.63) is 54.1 Å².